The average Bonchev–Trinajstić information content (AvgIpc) is 3.13. The Balaban J connectivity index is 1.42. The fourth-order valence-electron chi connectivity index (χ4n) is 3.52. The monoisotopic (exact) mass is 434 g/mol. The smallest absolute Gasteiger partial charge is 0.276 e. The van der Waals surface area contributed by atoms with Crippen LogP contribution in [0.15, 0.2) is 53.3 Å². The van der Waals surface area contributed by atoms with E-state index >= 15 is 0 Å². The van der Waals surface area contributed by atoms with Crippen molar-refractivity contribution in [3.8, 4) is 0 Å². The molecule has 0 saturated carbocycles. The normalized spacial score (nSPS) is 11.0. The lowest BCUT2D eigenvalue weighted by molar-refractivity contribution is -0.116. The Morgan fingerprint density at radius 1 is 1.03 bits per heavy atom. The second-order valence-corrected chi connectivity index (χ2v) is 8.38. The number of thiophene rings is 1. The second-order valence-electron chi connectivity index (χ2n) is 7.33. The number of nitrogens with one attached hydrogen (secondary N) is 2. The van der Waals surface area contributed by atoms with Gasteiger partial charge in [0.05, 0.1) is 15.8 Å². The maximum absolute atomic E-state index is 13.0. The molecule has 2 heterocycles. The van der Waals surface area contributed by atoms with Gasteiger partial charge in [0, 0.05) is 41.4 Å². The summed E-state index contributed by atoms with van der Waals surface area (Å²) in [6, 6.07) is 14.8. The minimum atomic E-state index is -0.149. The number of aryl methyl sites for hydroxylation is 2. The summed E-state index contributed by atoms with van der Waals surface area (Å²) in [5, 5.41) is 11.6. The van der Waals surface area contributed by atoms with Crippen molar-refractivity contribution in [2.75, 3.05) is 10.6 Å². The molecule has 0 fully saturated rings. The fourth-order valence-corrected chi connectivity index (χ4v) is 4.65. The topological polar surface area (TPSA) is 93.1 Å². The van der Waals surface area contributed by atoms with Gasteiger partial charge in [-0.1, -0.05) is 18.2 Å². The molecule has 31 heavy (non-hydrogen) atoms. The van der Waals surface area contributed by atoms with E-state index in [2.05, 4.69) is 15.7 Å². The molecule has 0 unspecified atom stereocenters. The molecule has 0 radical (unpaired) electrons. The van der Waals surface area contributed by atoms with E-state index in [1.54, 1.807) is 35.6 Å². The first-order valence-corrected chi connectivity index (χ1v) is 10.8. The predicted molar refractivity (Wildman–Crippen MR) is 125 cm³/mol. The summed E-state index contributed by atoms with van der Waals surface area (Å²) >= 11 is 1.58. The highest BCUT2D eigenvalue weighted by Gasteiger charge is 2.14. The summed E-state index contributed by atoms with van der Waals surface area (Å²) in [4.78, 5) is 36.4. The van der Waals surface area contributed by atoms with Gasteiger partial charge >= 0.3 is 0 Å². The number of nitrogens with zero attached hydrogens (tertiary/aromatic N) is 2. The minimum Gasteiger partial charge on any atom is -0.326 e. The number of carbonyl (C=O) groups is 2. The van der Waals surface area contributed by atoms with E-state index in [0.29, 0.717) is 29.7 Å². The number of carbonyl (C=O) groups excluding carboxylic acids is 2. The number of anilines is 2. The molecule has 0 saturated heterocycles. The van der Waals surface area contributed by atoms with Crippen LogP contribution in [-0.4, -0.2) is 21.6 Å². The third kappa shape index (κ3) is 4.49. The number of hydrogen-bond donors (Lipinski definition) is 2. The van der Waals surface area contributed by atoms with Crippen molar-refractivity contribution in [2.45, 2.75) is 33.2 Å². The summed E-state index contributed by atoms with van der Waals surface area (Å²) in [5.41, 5.74) is 2.02. The molecular weight excluding hydrogens is 412 g/mol. The van der Waals surface area contributed by atoms with Crippen LogP contribution in [0.5, 0.6) is 0 Å². The van der Waals surface area contributed by atoms with Gasteiger partial charge in [-0.15, -0.1) is 11.3 Å². The van der Waals surface area contributed by atoms with Crippen LogP contribution in [0, 0.1) is 6.92 Å². The zero-order valence-electron chi connectivity index (χ0n) is 17.3. The molecule has 4 aromatic rings. The second kappa shape index (κ2) is 8.69. The van der Waals surface area contributed by atoms with E-state index in [-0.39, 0.29) is 23.8 Å². The molecule has 0 atom stereocenters. The van der Waals surface area contributed by atoms with E-state index in [0.717, 1.165) is 20.5 Å². The summed E-state index contributed by atoms with van der Waals surface area (Å²) in [6.45, 7) is 3.72. The number of benzene rings is 2. The molecule has 0 aliphatic rings. The predicted octanol–water partition coefficient (Wildman–Crippen LogP) is 4.30. The molecule has 0 aliphatic carbocycles. The summed E-state index contributed by atoms with van der Waals surface area (Å²) < 4.78 is 3.45. The molecular formula is C23H22N4O3S. The Morgan fingerprint density at radius 2 is 1.71 bits per heavy atom. The fraction of sp³-hybridized carbons (Fsp3) is 0.217. The third-order valence-electron chi connectivity index (χ3n) is 4.91. The summed E-state index contributed by atoms with van der Waals surface area (Å²) in [7, 11) is 0. The van der Waals surface area contributed by atoms with Crippen LogP contribution in [0.1, 0.15) is 25.5 Å². The quantitative estimate of drug-likeness (QED) is 0.473. The molecule has 0 aliphatic heterocycles. The van der Waals surface area contributed by atoms with E-state index in [1.165, 1.54) is 11.6 Å². The number of hydrogen-bond acceptors (Lipinski definition) is 5. The Bertz CT molecular complexity index is 1340. The third-order valence-corrected chi connectivity index (χ3v) is 6.19. The van der Waals surface area contributed by atoms with Gasteiger partial charge in [-0.25, -0.2) is 4.68 Å². The lowest BCUT2D eigenvalue weighted by Crippen LogP contribution is -2.24. The molecule has 7 nitrogen and oxygen atoms in total. The number of rotatable bonds is 6. The number of fused-ring (bicyclic) bond motifs is 3. The van der Waals surface area contributed by atoms with Crippen LogP contribution in [0.25, 0.3) is 20.2 Å². The highest BCUT2D eigenvalue weighted by atomic mass is 32.1. The van der Waals surface area contributed by atoms with Crippen molar-refractivity contribution in [3.63, 3.8) is 0 Å². The van der Waals surface area contributed by atoms with Crippen LogP contribution < -0.4 is 16.2 Å². The molecule has 2 amide bonds. The van der Waals surface area contributed by atoms with Crippen LogP contribution in [-0.2, 0) is 16.1 Å². The van der Waals surface area contributed by atoms with Crippen molar-refractivity contribution in [3.05, 3.63) is 64.6 Å². The summed E-state index contributed by atoms with van der Waals surface area (Å²) in [5.74, 6) is -0.288. The van der Waals surface area contributed by atoms with Gasteiger partial charge in [0.25, 0.3) is 5.56 Å². The van der Waals surface area contributed by atoms with Gasteiger partial charge in [-0.3, -0.25) is 14.4 Å². The van der Waals surface area contributed by atoms with Gasteiger partial charge < -0.3 is 10.6 Å². The van der Waals surface area contributed by atoms with E-state index in [9.17, 15) is 14.4 Å². The van der Waals surface area contributed by atoms with E-state index < -0.39 is 0 Å². The van der Waals surface area contributed by atoms with Crippen LogP contribution >= 0.6 is 11.3 Å². The molecule has 8 heteroatoms. The summed E-state index contributed by atoms with van der Waals surface area (Å²) in [6.07, 6.45) is 0.763. The minimum absolute atomic E-state index is 0.119. The molecule has 4 rings (SSSR count). The van der Waals surface area contributed by atoms with Gasteiger partial charge in [0.15, 0.2) is 0 Å². The maximum Gasteiger partial charge on any atom is 0.276 e. The molecule has 2 aromatic heterocycles. The molecule has 2 aromatic carbocycles. The van der Waals surface area contributed by atoms with Gasteiger partial charge in [0.1, 0.15) is 0 Å². The van der Waals surface area contributed by atoms with Crippen LogP contribution in [0.3, 0.4) is 0 Å². The number of aromatic nitrogens is 2. The zero-order chi connectivity index (χ0) is 22.0. The largest absolute Gasteiger partial charge is 0.326 e. The standard InChI is InChI=1S/C23H22N4O3S/c1-14-22-21(18-6-3-4-7-19(18)31-22)23(30)27(26-14)13-5-8-20(29)25-17-11-9-16(10-12-17)24-15(2)28/h3-4,6-7,9-12H,5,8,13H2,1-2H3,(H,24,28)(H,25,29). The Hall–Kier alpha value is -3.52. The van der Waals surface area contributed by atoms with Gasteiger partial charge in [-0.05, 0) is 43.7 Å². The lowest BCUT2D eigenvalue weighted by Gasteiger charge is -2.08. The maximum atomic E-state index is 13.0. The first-order valence-electron chi connectivity index (χ1n) is 9.99. The highest BCUT2D eigenvalue weighted by molar-refractivity contribution is 7.26. The highest BCUT2D eigenvalue weighted by Crippen LogP contribution is 2.32. The van der Waals surface area contributed by atoms with Crippen molar-refractivity contribution < 1.29 is 9.59 Å². The van der Waals surface area contributed by atoms with Gasteiger partial charge in [0.2, 0.25) is 11.8 Å². The van der Waals surface area contributed by atoms with Crippen LogP contribution in [0.4, 0.5) is 11.4 Å². The Kier molecular flexibility index (Phi) is 5.81. The number of amides is 2. The van der Waals surface area contributed by atoms with Gasteiger partial charge in [-0.2, -0.15) is 5.10 Å². The average molecular weight is 435 g/mol. The Labute approximate surface area is 182 Å². The SMILES string of the molecule is CC(=O)Nc1ccc(NC(=O)CCCn2nc(C)c3sc4ccccc4c3c2=O)cc1. The van der Waals surface area contributed by atoms with Crippen LogP contribution in [0.2, 0.25) is 0 Å². The first-order chi connectivity index (χ1) is 14.9. The molecule has 2 N–H and O–H groups in total. The van der Waals surface area contributed by atoms with Crippen molar-refractivity contribution in [1.29, 1.82) is 0 Å². The van der Waals surface area contributed by atoms with Crippen molar-refractivity contribution in [2.24, 2.45) is 0 Å². The molecule has 0 bridgehead atoms. The zero-order valence-corrected chi connectivity index (χ0v) is 18.1. The van der Waals surface area contributed by atoms with E-state index in [1.807, 2.05) is 31.2 Å². The van der Waals surface area contributed by atoms with E-state index in [4.69, 9.17) is 0 Å². The molecule has 0 spiro atoms. The van der Waals surface area contributed by atoms with Crippen molar-refractivity contribution in [1.82, 2.24) is 9.78 Å². The Morgan fingerprint density at radius 3 is 2.42 bits per heavy atom. The first kappa shape index (κ1) is 20.7. The molecule has 158 valence electrons. The van der Waals surface area contributed by atoms with Crippen molar-refractivity contribution >= 4 is 54.7 Å². The lowest BCUT2D eigenvalue weighted by atomic mass is 10.2.